The van der Waals surface area contributed by atoms with Crippen molar-refractivity contribution >= 4 is 34.0 Å². The normalized spacial score (nSPS) is 10.3. The fourth-order valence-corrected chi connectivity index (χ4v) is 3.02. The van der Waals surface area contributed by atoms with E-state index >= 15 is 0 Å². The SMILES string of the molecule is C#Cc1cccc(Nc2nc(Cl)nc3cc(OCCOC)c(OCCOCC)cc23)c1.O. The predicted octanol–water partition coefficient (Wildman–Crippen LogP) is 3.62. The van der Waals surface area contributed by atoms with Crippen LogP contribution < -0.4 is 14.8 Å². The number of hydrogen-bond acceptors (Lipinski definition) is 7. The van der Waals surface area contributed by atoms with Crippen LogP contribution in [-0.4, -0.2) is 55.6 Å². The Labute approximate surface area is 192 Å². The van der Waals surface area contributed by atoms with Crippen LogP contribution in [0, 0.1) is 12.3 Å². The Hall–Kier alpha value is -3.09. The monoisotopic (exact) mass is 459 g/mol. The lowest BCUT2D eigenvalue weighted by atomic mass is 10.2. The summed E-state index contributed by atoms with van der Waals surface area (Å²) in [4.78, 5) is 8.70. The van der Waals surface area contributed by atoms with E-state index in [0.29, 0.717) is 55.9 Å². The van der Waals surface area contributed by atoms with Crippen molar-refractivity contribution in [2.24, 2.45) is 0 Å². The molecule has 8 nitrogen and oxygen atoms in total. The Bertz CT molecular complexity index is 1070. The molecule has 0 fully saturated rings. The molecule has 0 amide bonds. The van der Waals surface area contributed by atoms with Gasteiger partial charge in [-0.25, -0.2) is 4.98 Å². The molecule has 0 aliphatic carbocycles. The third-order valence-corrected chi connectivity index (χ3v) is 4.43. The smallest absolute Gasteiger partial charge is 0.224 e. The summed E-state index contributed by atoms with van der Waals surface area (Å²) in [5, 5.41) is 4.10. The lowest BCUT2D eigenvalue weighted by Gasteiger charge is -2.16. The van der Waals surface area contributed by atoms with E-state index < -0.39 is 0 Å². The van der Waals surface area contributed by atoms with Crippen LogP contribution in [0.3, 0.4) is 0 Å². The van der Waals surface area contributed by atoms with Crippen molar-refractivity contribution in [1.29, 1.82) is 0 Å². The van der Waals surface area contributed by atoms with Crippen LogP contribution in [0.5, 0.6) is 11.5 Å². The molecule has 0 saturated carbocycles. The number of methoxy groups -OCH3 is 1. The molecule has 2 aromatic carbocycles. The summed E-state index contributed by atoms with van der Waals surface area (Å²) in [6.45, 7) is 4.21. The summed E-state index contributed by atoms with van der Waals surface area (Å²) in [7, 11) is 1.61. The quantitative estimate of drug-likeness (QED) is 0.265. The van der Waals surface area contributed by atoms with E-state index in [0.717, 1.165) is 16.6 Å². The second-order valence-corrected chi connectivity index (χ2v) is 6.73. The van der Waals surface area contributed by atoms with Crippen LogP contribution >= 0.6 is 11.6 Å². The van der Waals surface area contributed by atoms with Gasteiger partial charge in [0.1, 0.15) is 19.0 Å². The Morgan fingerprint density at radius 3 is 2.50 bits per heavy atom. The van der Waals surface area contributed by atoms with Gasteiger partial charge in [-0.3, -0.25) is 0 Å². The molecular formula is C23H26ClN3O5. The van der Waals surface area contributed by atoms with Gasteiger partial charge in [0.15, 0.2) is 11.5 Å². The van der Waals surface area contributed by atoms with Gasteiger partial charge in [0.2, 0.25) is 5.28 Å². The van der Waals surface area contributed by atoms with Crippen LogP contribution in [0.4, 0.5) is 11.5 Å². The minimum Gasteiger partial charge on any atom is -0.487 e. The molecule has 0 unspecified atom stereocenters. The Morgan fingerprint density at radius 1 is 1.03 bits per heavy atom. The molecule has 0 aliphatic heterocycles. The second kappa shape index (κ2) is 12.7. The van der Waals surface area contributed by atoms with E-state index in [1.54, 1.807) is 13.2 Å². The summed E-state index contributed by atoms with van der Waals surface area (Å²) >= 11 is 6.18. The maximum Gasteiger partial charge on any atom is 0.224 e. The van der Waals surface area contributed by atoms with Crippen molar-refractivity contribution in [3.8, 4) is 23.8 Å². The minimum absolute atomic E-state index is 0. The highest BCUT2D eigenvalue weighted by Gasteiger charge is 2.14. The number of nitrogens with zero attached hydrogens (tertiary/aromatic N) is 2. The topological polar surface area (TPSA) is 106 Å². The highest BCUT2D eigenvalue weighted by atomic mass is 35.5. The molecule has 0 saturated heterocycles. The molecule has 0 spiro atoms. The van der Waals surface area contributed by atoms with Crippen molar-refractivity contribution in [3.63, 3.8) is 0 Å². The predicted molar refractivity (Wildman–Crippen MR) is 125 cm³/mol. The average molecular weight is 460 g/mol. The van der Waals surface area contributed by atoms with Crippen molar-refractivity contribution in [2.45, 2.75) is 6.92 Å². The number of terminal acetylenes is 1. The molecule has 9 heteroatoms. The van der Waals surface area contributed by atoms with Gasteiger partial charge in [-0.1, -0.05) is 12.0 Å². The molecule has 0 aliphatic rings. The summed E-state index contributed by atoms with van der Waals surface area (Å²) < 4.78 is 22.2. The number of hydrogen-bond donors (Lipinski definition) is 1. The Balaban J connectivity index is 0.00000363. The van der Waals surface area contributed by atoms with Crippen LogP contribution in [0.25, 0.3) is 10.9 Å². The van der Waals surface area contributed by atoms with Crippen LogP contribution in [0.15, 0.2) is 36.4 Å². The van der Waals surface area contributed by atoms with E-state index in [4.69, 9.17) is 37.0 Å². The van der Waals surface area contributed by atoms with E-state index in [2.05, 4.69) is 21.2 Å². The highest BCUT2D eigenvalue weighted by Crippen LogP contribution is 2.36. The first-order valence-electron chi connectivity index (χ1n) is 9.82. The number of benzene rings is 2. The minimum atomic E-state index is 0. The molecule has 0 atom stereocenters. The third-order valence-electron chi connectivity index (χ3n) is 4.26. The number of fused-ring (bicyclic) bond motifs is 1. The number of anilines is 2. The molecule has 3 N–H and O–H groups in total. The third kappa shape index (κ3) is 6.70. The number of nitrogens with one attached hydrogen (secondary N) is 1. The second-order valence-electron chi connectivity index (χ2n) is 6.39. The first-order chi connectivity index (χ1) is 15.1. The maximum atomic E-state index is 6.18. The molecule has 0 bridgehead atoms. The van der Waals surface area contributed by atoms with Gasteiger partial charge in [-0.05, 0) is 42.8 Å². The van der Waals surface area contributed by atoms with Crippen LogP contribution in [0.1, 0.15) is 12.5 Å². The molecule has 0 radical (unpaired) electrons. The summed E-state index contributed by atoms with van der Waals surface area (Å²) in [6, 6.07) is 11.1. The number of aromatic nitrogens is 2. The number of halogens is 1. The molecule has 3 rings (SSSR count). The first kappa shape index (κ1) is 25.2. The van der Waals surface area contributed by atoms with Gasteiger partial charge in [0, 0.05) is 36.4 Å². The molecule has 3 aromatic rings. The summed E-state index contributed by atoms with van der Waals surface area (Å²) in [6.07, 6.45) is 5.51. The van der Waals surface area contributed by atoms with E-state index in [-0.39, 0.29) is 10.8 Å². The number of ether oxygens (including phenoxy) is 4. The summed E-state index contributed by atoms with van der Waals surface area (Å²) in [5.41, 5.74) is 2.15. The van der Waals surface area contributed by atoms with Gasteiger partial charge in [0.25, 0.3) is 0 Å². The molecule has 1 heterocycles. The van der Waals surface area contributed by atoms with Gasteiger partial charge in [-0.2, -0.15) is 4.98 Å². The van der Waals surface area contributed by atoms with E-state index in [1.165, 1.54) is 0 Å². The zero-order valence-corrected chi connectivity index (χ0v) is 18.7. The van der Waals surface area contributed by atoms with Crippen LogP contribution in [-0.2, 0) is 9.47 Å². The molecule has 32 heavy (non-hydrogen) atoms. The standard InChI is InChI=1S/C23H24ClN3O4.H2O/c1-4-16-7-6-8-17(13-16)25-22-18-14-20(31-12-10-29-5-2)21(30-11-9-28-3)15-19(18)26-23(24)27-22;/h1,6-8,13-15H,5,9-12H2,2-3H3,(H,25,26,27);1H2. The lowest BCUT2D eigenvalue weighted by molar-refractivity contribution is 0.106. The van der Waals surface area contributed by atoms with Crippen molar-refractivity contribution < 1.29 is 24.4 Å². The van der Waals surface area contributed by atoms with Gasteiger partial charge >= 0.3 is 0 Å². The van der Waals surface area contributed by atoms with Gasteiger partial charge in [-0.15, -0.1) is 6.42 Å². The molecule has 170 valence electrons. The van der Waals surface area contributed by atoms with Gasteiger partial charge in [0.05, 0.1) is 18.7 Å². The molecule has 1 aromatic heterocycles. The van der Waals surface area contributed by atoms with E-state index in [9.17, 15) is 0 Å². The Kier molecular flexibility index (Phi) is 9.98. The van der Waals surface area contributed by atoms with Crippen molar-refractivity contribution in [3.05, 3.63) is 47.2 Å². The van der Waals surface area contributed by atoms with E-state index in [1.807, 2.05) is 37.3 Å². The van der Waals surface area contributed by atoms with Crippen molar-refractivity contribution in [2.75, 3.05) is 45.5 Å². The zero-order chi connectivity index (χ0) is 22.1. The van der Waals surface area contributed by atoms with Gasteiger partial charge < -0.3 is 29.7 Å². The van der Waals surface area contributed by atoms with Crippen LogP contribution in [0.2, 0.25) is 5.28 Å². The van der Waals surface area contributed by atoms with Crippen molar-refractivity contribution in [1.82, 2.24) is 9.97 Å². The first-order valence-corrected chi connectivity index (χ1v) is 10.2. The fourth-order valence-electron chi connectivity index (χ4n) is 2.84. The molecular weight excluding hydrogens is 434 g/mol. The zero-order valence-electron chi connectivity index (χ0n) is 18.0. The highest BCUT2D eigenvalue weighted by molar-refractivity contribution is 6.28. The summed E-state index contributed by atoms with van der Waals surface area (Å²) in [5.74, 6) is 4.24. The fraction of sp³-hybridized carbons (Fsp3) is 0.304. The Morgan fingerprint density at radius 2 is 1.78 bits per heavy atom. The average Bonchev–Trinajstić information content (AvgIpc) is 2.77. The maximum absolute atomic E-state index is 6.18. The number of rotatable bonds is 11. The lowest BCUT2D eigenvalue weighted by Crippen LogP contribution is -2.10. The largest absolute Gasteiger partial charge is 0.487 e.